The number of hydrogen-bond acceptors (Lipinski definition) is 3. The summed E-state index contributed by atoms with van der Waals surface area (Å²) in [7, 11) is 0. The molecule has 5 nitrogen and oxygen atoms in total. The predicted octanol–water partition coefficient (Wildman–Crippen LogP) is 0.541. The standard InChI is InChI=1S/C8H10N4O/c1-5(2)6-10-8(13)7-9-3-4-12(7)11-6/h3-5H,1-2H3,(H,10,11,13). The van der Waals surface area contributed by atoms with Gasteiger partial charge in [-0.1, -0.05) is 13.8 Å². The van der Waals surface area contributed by atoms with Crippen molar-refractivity contribution < 1.29 is 0 Å². The Bertz CT molecular complexity index is 482. The van der Waals surface area contributed by atoms with E-state index in [2.05, 4.69) is 15.1 Å². The topological polar surface area (TPSA) is 63.1 Å². The lowest BCUT2D eigenvalue weighted by Gasteiger charge is -2.02. The molecule has 0 radical (unpaired) electrons. The quantitative estimate of drug-likeness (QED) is 0.693. The van der Waals surface area contributed by atoms with Gasteiger partial charge in [0.25, 0.3) is 5.56 Å². The highest BCUT2D eigenvalue weighted by Crippen LogP contribution is 2.05. The number of aromatic nitrogens is 4. The number of rotatable bonds is 1. The number of H-pyrrole nitrogens is 1. The molecule has 68 valence electrons. The Labute approximate surface area is 74.4 Å². The average molecular weight is 178 g/mol. The zero-order valence-corrected chi connectivity index (χ0v) is 7.48. The number of nitrogens with zero attached hydrogens (tertiary/aromatic N) is 3. The average Bonchev–Trinajstić information content (AvgIpc) is 2.51. The van der Waals surface area contributed by atoms with Crippen molar-refractivity contribution in [2.75, 3.05) is 0 Å². The molecule has 0 saturated carbocycles. The first-order chi connectivity index (χ1) is 6.18. The molecule has 2 aromatic rings. The van der Waals surface area contributed by atoms with Crippen LogP contribution in [0.25, 0.3) is 5.65 Å². The molecule has 0 atom stereocenters. The lowest BCUT2D eigenvalue weighted by atomic mass is 10.2. The molecule has 0 saturated heterocycles. The SMILES string of the molecule is CC(C)c1nn2ccnc2c(=O)[nH]1. The third-order valence-corrected chi connectivity index (χ3v) is 1.83. The van der Waals surface area contributed by atoms with Crippen molar-refractivity contribution in [3.05, 3.63) is 28.6 Å². The molecule has 2 rings (SSSR count). The van der Waals surface area contributed by atoms with Crippen LogP contribution in [0.2, 0.25) is 0 Å². The molecular weight excluding hydrogens is 168 g/mol. The van der Waals surface area contributed by atoms with Crippen molar-refractivity contribution in [2.24, 2.45) is 0 Å². The van der Waals surface area contributed by atoms with E-state index in [-0.39, 0.29) is 11.5 Å². The zero-order valence-electron chi connectivity index (χ0n) is 7.48. The van der Waals surface area contributed by atoms with Gasteiger partial charge in [0, 0.05) is 18.3 Å². The molecule has 0 unspecified atom stereocenters. The van der Waals surface area contributed by atoms with Gasteiger partial charge in [0.1, 0.15) is 5.82 Å². The van der Waals surface area contributed by atoms with Gasteiger partial charge < -0.3 is 4.98 Å². The summed E-state index contributed by atoms with van der Waals surface area (Å²) in [6, 6.07) is 0. The Morgan fingerprint density at radius 3 is 3.00 bits per heavy atom. The molecule has 0 spiro atoms. The first kappa shape index (κ1) is 7.97. The highest BCUT2D eigenvalue weighted by Gasteiger charge is 2.06. The number of hydrogen-bond donors (Lipinski definition) is 1. The van der Waals surface area contributed by atoms with Gasteiger partial charge in [0.05, 0.1) is 0 Å². The Kier molecular flexibility index (Phi) is 1.65. The fourth-order valence-corrected chi connectivity index (χ4v) is 1.11. The minimum Gasteiger partial charge on any atom is -0.306 e. The third-order valence-electron chi connectivity index (χ3n) is 1.83. The van der Waals surface area contributed by atoms with Crippen LogP contribution in [-0.2, 0) is 0 Å². The lowest BCUT2D eigenvalue weighted by Crippen LogP contribution is -2.16. The maximum absolute atomic E-state index is 11.4. The van der Waals surface area contributed by atoms with E-state index in [1.54, 1.807) is 12.4 Å². The van der Waals surface area contributed by atoms with Crippen LogP contribution in [-0.4, -0.2) is 19.6 Å². The minimum absolute atomic E-state index is 0.191. The number of aromatic amines is 1. The Balaban J connectivity index is 2.77. The van der Waals surface area contributed by atoms with Crippen molar-refractivity contribution in [1.29, 1.82) is 0 Å². The first-order valence-corrected chi connectivity index (χ1v) is 4.12. The van der Waals surface area contributed by atoms with Gasteiger partial charge in [-0.2, -0.15) is 5.10 Å². The van der Waals surface area contributed by atoms with Crippen molar-refractivity contribution in [2.45, 2.75) is 19.8 Å². The first-order valence-electron chi connectivity index (χ1n) is 4.12. The van der Waals surface area contributed by atoms with Gasteiger partial charge in [0.15, 0.2) is 0 Å². The highest BCUT2D eigenvalue weighted by atomic mass is 16.1. The molecule has 0 aliphatic heterocycles. The summed E-state index contributed by atoms with van der Waals surface area (Å²) in [5, 5.41) is 4.19. The summed E-state index contributed by atoms with van der Waals surface area (Å²) in [5.74, 6) is 0.884. The second-order valence-corrected chi connectivity index (χ2v) is 3.19. The van der Waals surface area contributed by atoms with E-state index in [1.165, 1.54) is 4.52 Å². The van der Waals surface area contributed by atoms with E-state index >= 15 is 0 Å². The van der Waals surface area contributed by atoms with Crippen molar-refractivity contribution in [1.82, 2.24) is 19.6 Å². The normalized spacial score (nSPS) is 11.3. The van der Waals surface area contributed by atoms with Crippen LogP contribution in [0.3, 0.4) is 0 Å². The fourth-order valence-electron chi connectivity index (χ4n) is 1.11. The predicted molar refractivity (Wildman–Crippen MR) is 47.7 cm³/mol. The summed E-state index contributed by atoms with van der Waals surface area (Å²) in [6.45, 7) is 3.95. The Morgan fingerprint density at radius 1 is 1.54 bits per heavy atom. The smallest absolute Gasteiger partial charge is 0.294 e. The monoisotopic (exact) mass is 178 g/mol. The van der Waals surface area contributed by atoms with Gasteiger partial charge in [0.2, 0.25) is 5.65 Å². The zero-order chi connectivity index (χ0) is 9.42. The molecule has 13 heavy (non-hydrogen) atoms. The molecule has 0 aromatic carbocycles. The largest absolute Gasteiger partial charge is 0.306 e. The maximum atomic E-state index is 11.4. The molecule has 2 heterocycles. The molecule has 1 N–H and O–H groups in total. The molecule has 0 aliphatic carbocycles. The van der Waals surface area contributed by atoms with Crippen molar-refractivity contribution in [3.63, 3.8) is 0 Å². The van der Waals surface area contributed by atoms with Crippen LogP contribution in [0.1, 0.15) is 25.6 Å². The van der Waals surface area contributed by atoms with Crippen LogP contribution in [0.15, 0.2) is 17.2 Å². The van der Waals surface area contributed by atoms with Gasteiger partial charge in [-0.05, 0) is 0 Å². The summed E-state index contributed by atoms with van der Waals surface area (Å²) >= 11 is 0. The van der Waals surface area contributed by atoms with E-state index in [4.69, 9.17) is 0 Å². The fraction of sp³-hybridized carbons (Fsp3) is 0.375. The third kappa shape index (κ3) is 1.22. The summed E-state index contributed by atoms with van der Waals surface area (Å²) in [5.41, 5.74) is 0.146. The van der Waals surface area contributed by atoms with Crippen LogP contribution < -0.4 is 5.56 Å². The number of fused-ring (bicyclic) bond motifs is 1. The molecule has 0 amide bonds. The van der Waals surface area contributed by atoms with E-state index in [9.17, 15) is 4.79 Å². The second kappa shape index (κ2) is 2.69. The van der Waals surface area contributed by atoms with Crippen molar-refractivity contribution in [3.8, 4) is 0 Å². The highest BCUT2D eigenvalue weighted by molar-refractivity contribution is 5.32. The van der Waals surface area contributed by atoms with E-state index in [0.29, 0.717) is 11.5 Å². The molecule has 0 fully saturated rings. The molecule has 5 heteroatoms. The van der Waals surface area contributed by atoms with Crippen molar-refractivity contribution >= 4 is 5.65 Å². The van der Waals surface area contributed by atoms with Gasteiger partial charge in [-0.15, -0.1) is 0 Å². The van der Waals surface area contributed by atoms with E-state index < -0.39 is 0 Å². The van der Waals surface area contributed by atoms with Crippen LogP contribution in [0.4, 0.5) is 0 Å². The summed E-state index contributed by atoms with van der Waals surface area (Å²) in [4.78, 5) is 17.9. The van der Waals surface area contributed by atoms with Crippen LogP contribution in [0, 0.1) is 0 Å². The number of imidazole rings is 1. The molecular formula is C8H10N4O. The van der Waals surface area contributed by atoms with Gasteiger partial charge >= 0.3 is 0 Å². The Hall–Kier alpha value is -1.65. The minimum atomic E-state index is -0.191. The van der Waals surface area contributed by atoms with Gasteiger partial charge in [-0.3, -0.25) is 4.79 Å². The van der Waals surface area contributed by atoms with Crippen LogP contribution in [0.5, 0.6) is 0 Å². The second-order valence-electron chi connectivity index (χ2n) is 3.19. The Morgan fingerprint density at radius 2 is 2.31 bits per heavy atom. The molecule has 0 aliphatic rings. The number of nitrogens with one attached hydrogen (secondary N) is 1. The van der Waals surface area contributed by atoms with E-state index in [1.807, 2.05) is 13.8 Å². The van der Waals surface area contributed by atoms with E-state index in [0.717, 1.165) is 0 Å². The molecule has 0 bridgehead atoms. The maximum Gasteiger partial charge on any atom is 0.294 e. The molecule has 2 aromatic heterocycles. The van der Waals surface area contributed by atoms with Gasteiger partial charge in [-0.25, -0.2) is 9.50 Å². The summed E-state index contributed by atoms with van der Waals surface area (Å²) < 4.78 is 1.49. The lowest BCUT2D eigenvalue weighted by molar-refractivity contribution is 0.710. The summed E-state index contributed by atoms with van der Waals surface area (Å²) in [6.07, 6.45) is 3.22. The van der Waals surface area contributed by atoms with Crippen LogP contribution >= 0.6 is 0 Å².